The average Bonchev–Trinajstić information content (AvgIpc) is 3.19. The van der Waals surface area contributed by atoms with Gasteiger partial charge in [0.05, 0.1) is 22.3 Å². The van der Waals surface area contributed by atoms with Gasteiger partial charge >= 0.3 is 0 Å². The first-order valence-corrected chi connectivity index (χ1v) is 8.53. The van der Waals surface area contributed by atoms with Crippen LogP contribution < -0.4 is 5.32 Å². The van der Waals surface area contributed by atoms with Crippen LogP contribution in [0.15, 0.2) is 48.8 Å². The fourth-order valence-electron chi connectivity index (χ4n) is 2.32. The lowest BCUT2D eigenvalue weighted by atomic mass is 10.2. The number of aromatic nitrogens is 4. The van der Waals surface area contributed by atoms with E-state index in [1.807, 2.05) is 0 Å². The molecule has 0 atom stereocenters. The van der Waals surface area contributed by atoms with Crippen LogP contribution in [0.4, 0.5) is 5.69 Å². The highest BCUT2D eigenvalue weighted by Gasteiger charge is 2.15. The molecule has 0 radical (unpaired) electrons. The zero-order chi connectivity index (χ0) is 19.4. The van der Waals surface area contributed by atoms with Crippen molar-refractivity contribution < 1.29 is 9.59 Å². The quantitative estimate of drug-likeness (QED) is 0.705. The Labute approximate surface area is 164 Å². The molecule has 0 aliphatic carbocycles. The molecule has 3 aromatic rings. The number of halogens is 2. The number of anilines is 1. The van der Waals surface area contributed by atoms with E-state index >= 15 is 0 Å². The molecule has 2 aromatic carbocycles. The molecule has 0 saturated heterocycles. The number of benzene rings is 2. The molecule has 0 fully saturated rings. The van der Waals surface area contributed by atoms with Crippen LogP contribution in [0.25, 0.3) is 5.69 Å². The number of nitrogens with one attached hydrogen (secondary N) is 1. The van der Waals surface area contributed by atoms with Gasteiger partial charge in [-0.3, -0.25) is 9.59 Å². The van der Waals surface area contributed by atoms with E-state index in [0.29, 0.717) is 21.3 Å². The molecule has 27 heavy (non-hydrogen) atoms. The fraction of sp³-hybridized carbons (Fsp3) is 0.118. The van der Waals surface area contributed by atoms with E-state index in [1.54, 1.807) is 49.5 Å². The van der Waals surface area contributed by atoms with Crippen LogP contribution in [0.3, 0.4) is 0 Å². The first kappa shape index (κ1) is 18.8. The van der Waals surface area contributed by atoms with Gasteiger partial charge in [-0.05, 0) is 52.9 Å². The molecule has 10 heteroatoms. The van der Waals surface area contributed by atoms with Gasteiger partial charge < -0.3 is 10.2 Å². The second-order valence-corrected chi connectivity index (χ2v) is 6.45. The van der Waals surface area contributed by atoms with Crippen LogP contribution in [0, 0.1) is 0 Å². The number of nitrogens with zero attached hydrogens (tertiary/aromatic N) is 5. The molecule has 1 heterocycles. The molecule has 0 saturated carbocycles. The molecule has 8 nitrogen and oxygen atoms in total. The van der Waals surface area contributed by atoms with E-state index in [9.17, 15) is 9.59 Å². The summed E-state index contributed by atoms with van der Waals surface area (Å²) < 4.78 is 1.47. The Hall–Kier alpha value is -2.97. The Morgan fingerprint density at radius 2 is 1.85 bits per heavy atom. The highest BCUT2D eigenvalue weighted by Crippen LogP contribution is 2.24. The largest absolute Gasteiger partial charge is 0.332 e. The van der Waals surface area contributed by atoms with Crippen molar-refractivity contribution in [3.63, 3.8) is 0 Å². The van der Waals surface area contributed by atoms with E-state index in [0.717, 1.165) is 5.69 Å². The third kappa shape index (κ3) is 4.60. The Balaban J connectivity index is 1.61. The number of likely N-dealkylation sites (N-methyl/N-ethyl adjacent to an activating group) is 1. The maximum atomic E-state index is 12.5. The molecular weight excluding hydrogens is 391 g/mol. The molecule has 1 N–H and O–H groups in total. The SMILES string of the molecule is CN(CC(=O)Nc1ccc(Cl)c(Cl)c1)C(=O)c1ccc(-n2cnnn2)cc1. The summed E-state index contributed by atoms with van der Waals surface area (Å²) in [5.74, 6) is -0.642. The van der Waals surface area contributed by atoms with Gasteiger partial charge in [0.25, 0.3) is 5.91 Å². The van der Waals surface area contributed by atoms with Crippen molar-refractivity contribution >= 4 is 40.7 Å². The van der Waals surface area contributed by atoms with Crippen molar-refractivity contribution in [2.45, 2.75) is 0 Å². The summed E-state index contributed by atoms with van der Waals surface area (Å²) in [4.78, 5) is 26.0. The summed E-state index contributed by atoms with van der Waals surface area (Å²) >= 11 is 11.8. The van der Waals surface area contributed by atoms with Crippen molar-refractivity contribution in [3.05, 3.63) is 64.4 Å². The highest BCUT2D eigenvalue weighted by atomic mass is 35.5. The lowest BCUT2D eigenvalue weighted by Gasteiger charge is -2.17. The zero-order valence-electron chi connectivity index (χ0n) is 14.1. The van der Waals surface area contributed by atoms with E-state index in [4.69, 9.17) is 23.2 Å². The van der Waals surface area contributed by atoms with Crippen LogP contribution in [0.2, 0.25) is 10.0 Å². The lowest BCUT2D eigenvalue weighted by Crippen LogP contribution is -2.34. The van der Waals surface area contributed by atoms with Crippen molar-refractivity contribution in [2.24, 2.45) is 0 Å². The first-order valence-electron chi connectivity index (χ1n) is 7.78. The van der Waals surface area contributed by atoms with Crippen molar-refractivity contribution in [1.82, 2.24) is 25.1 Å². The standard InChI is InChI=1S/C17H14Cl2N6O2/c1-24(9-16(26)21-12-4-7-14(18)15(19)8-12)17(27)11-2-5-13(6-3-11)25-10-20-22-23-25/h2-8,10H,9H2,1H3,(H,21,26). The predicted octanol–water partition coefficient (Wildman–Crippen LogP) is 2.68. The summed E-state index contributed by atoms with van der Waals surface area (Å²) in [6, 6.07) is 11.5. The third-order valence-electron chi connectivity index (χ3n) is 3.66. The number of carbonyl (C=O) groups excluding carboxylic acids is 2. The topological polar surface area (TPSA) is 93.0 Å². The van der Waals surface area contributed by atoms with E-state index in [-0.39, 0.29) is 18.4 Å². The van der Waals surface area contributed by atoms with Gasteiger partial charge in [-0.2, -0.15) is 0 Å². The number of rotatable bonds is 5. The maximum Gasteiger partial charge on any atom is 0.254 e. The molecule has 3 rings (SSSR count). The first-order chi connectivity index (χ1) is 12.9. The summed E-state index contributed by atoms with van der Waals surface area (Å²) in [5, 5.41) is 14.3. The summed E-state index contributed by atoms with van der Waals surface area (Å²) in [7, 11) is 1.55. The minimum Gasteiger partial charge on any atom is -0.332 e. The summed E-state index contributed by atoms with van der Waals surface area (Å²) in [6.45, 7) is -0.117. The number of tetrazole rings is 1. The molecular formula is C17H14Cl2N6O2. The van der Waals surface area contributed by atoms with Gasteiger partial charge in [-0.15, -0.1) is 5.10 Å². The van der Waals surface area contributed by atoms with Gasteiger partial charge in [0.15, 0.2) is 0 Å². The van der Waals surface area contributed by atoms with E-state index in [1.165, 1.54) is 15.9 Å². The van der Waals surface area contributed by atoms with E-state index in [2.05, 4.69) is 20.8 Å². The minimum atomic E-state index is -0.352. The second-order valence-electron chi connectivity index (χ2n) is 5.64. The number of carbonyl (C=O) groups is 2. The Morgan fingerprint density at radius 1 is 1.11 bits per heavy atom. The van der Waals surface area contributed by atoms with E-state index < -0.39 is 0 Å². The van der Waals surface area contributed by atoms with Gasteiger partial charge in [0.2, 0.25) is 5.91 Å². The predicted molar refractivity (Wildman–Crippen MR) is 101 cm³/mol. The molecule has 0 unspecified atom stereocenters. The Bertz CT molecular complexity index is 960. The van der Waals surface area contributed by atoms with Crippen LogP contribution in [-0.2, 0) is 4.79 Å². The van der Waals surface area contributed by atoms with Gasteiger partial charge in [-0.25, -0.2) is 4.68 Å². The zero-order valence-corrected chi connectivity index (χ0v) is 15.6. The Morgan fingerprint density at radius 3 is 2.48 bits per heavy atom. The highest BCUT2D eigenvalue weighted by molar-refractivity contribution is 6.42. The molecule has 0 aliphatic heterocycles. The number of hydrogen-bond donors (Lipinski definition) is 1. The molecule has 138 valence electrons. The smallest absolute Gasteiger partial charge is 0.254 e. The number of hydrogen-bond acceptors (Lipinski definition) is 5. The lowest BCUT2D eigenvalue weighted by molar-refractivity contribution is -0.116. The van der Waals surface area contributed by atoms with Gasteiger partial charge in [-0.1, -0.05) is 23.2 Å². The maximum absolute atomic E-state index is 12.5. The van der Waals surface area contributed by atoms with Crippen LogP contribution in [0.1, 0.15) is 10.4 Å². The Kier molecular flexibility index (Phi) is 5.68. The van der Waals surface area contributed by atoms with Gasteiger partial charge in [0, 0.05) is 18.3 Å². The van der Waals surface area contributed by atoms with Crippen LogP contribution >= 0.6 is 23.2 Å². The molecule has 0 bridgehead atoms. The summed E-state index contributed by atoms with van der Waals surface area (Å²) in [6.07, 6.45) is 1.45. The monoisotopic (exact) mass is 404 g/mol. The number of amides is 2. The third-order valence-corrected chi connectivity index (χ3v) is 4.40. The van der Waals surface area contributed by atoms with Crippen molar-refractivity contribution in [3.8, 4) is 5.69 Å². The normalized spacial score (nSPS) is 10.5. The van der Waals surface area contributed by atoms with Crippen LogP contribution in [0.5, 0.6) is 0 Å². The van der Waals surface area contributed by atoms with Crippen molar-refractivity contribution in [2.75, 3.05) is 18.9 Å². The molecule has 0 spiro atoms. The fourth-order valence-corrected chi connectivity index (χ4v) is 2.62. The molecule has 2 amide bonds. The summed E-state index contributed by atoms with van der Waals surface area (Å²) in [5.41, 5.74) is 1.66. The van der Waals surface area contributed by atoms with Crippen LogP contribution in [-0.4, -0.2) is 50.5 Å². The molecule has 0 aliphatic rings. The average molecular weight is 405 g/mol. The molecule has 1 aromatic heterocycles. The minimum absolute atomic E-state index is 0.117. The van der Waals surface area contributed by atoms with Gasteiger partial charge in [0.1, 0.15) is 6.33 Å². The second kappa shape index (κ2) is 8.15. The van der Waals surface area contributed by atoms with Crippen molar-refractivity contribution in [1.29, 1.82) is 0 Å².